The standard InChI is InChI=1S/C23H32N4O2/c1-24-23(26-18-19-8-10-20(11-9-19)25-14-17-28-2)27-15-12-22(13-16-27)29-21-6-4-3-5-7-21/h3-11,22,25H,12-18H2,1-2H3,(H,24,26). The molecule has 2 N–H and O–H groups in total. The molecule has 0 spiro atoms. The highest BCUT2D eigenvalue weighted by atomic mass is 16.5. The summed E-state index contributed by atoms with van der Waals surface area (Å²) in [6.45, 7) is 4.15. The summed E-state index contributed by atoms with van der Waals surface area (Å²) >= 11 is 0. The predicted octanol–water partition coefficient (Wildman–Crippen LogP) is 3.36. The van der Waals surface area contributed by atoms with Crippen molar-refractivity contribution in [3.63, 3.8) is 0 Å². The van der Waals surface area contributed by atoms with Crippen molar-refractivity contribution < 1.29 is 9.47 Å². The van der Waals surface area contributed by atoms with Crippen LogP contribution in [0.3, 0.4) is 0 Å². The van der Waals surface area contributed by atoms with E-state index in [2.05, 4.69) is 44.8 Å². The van der Waals surface area contributed by atoms with Crippen LogP contribution in [0.4, 0.5) is 5.69 Å². The SMILES string of the molecule is CN=C(NCc1ccc(NCCOC)cc1)N1CCC(Oc2ccccc2)CC1. The van der Waals surface area contributed by atoms with E-state index in [1.54, 1.807) is 7.11 Å². The number of guanidine groups is 1. The van der Waals surface area contributed by atoms with Gasteiger partial charge in [-0.25, -0.2) is 0 Å². The first-order valence-corrected chi connectivity index (χ1v) is 10.3. The number of hydrogen-bond donors (Lipinski definition) is 2. The van der Waals surface area contributed by atoms with E-state index < -0.39 is 0 Å². The number of para-hydroxylation sites is 1. The van der Waals surface area contributed by atoms with Crippen LogP contribution >= 0.6 is 0 Å². The van der Waals surface area contributed by atoms with Crippen LogP contribution < -0.4 is 15.4 Å². The maximum atomic E-state index is 6.09. The Labute approximate surface area is 173 Å². The molecule has 1 heterocycles. The molecule has 1 fully saturated rings. The molecule has 1 aliphatic rings. The number of methoxy groups -OCH3 is 1. The van der Waals surface area contributed by atoms with E-state index in [9.17, 15) is 0 Å². The lowest BCUT2D eigenvalue weighted by molar-refractivity contribution is 0.129. The van der Waals surface area contributed by atoms with Crippen molar-refractivity contribution in [1.82, 2.24) is 10.2 Å². The van der Waals surface area contributed by atoms with Crippen LogP contribution in [-0.4, -0.2) is 57.4 Å². The van der Waals surface area contributed by atoms with Gasteiger partial charge in [-0.15, -0.1) is 0 Å². The van der Waals surface area contributed by atoms with Crippen molar-refractivity contribution in [3.8, 4) is 5.75 Å². The molecule has 0 aliphatic carbocycles. The lowest BCUT2D eigenvalue weighted by Gasteiger charge is -2.34. The number of ether oxygens (including phenoxy) is 2. The minimum absolute atomic E-state index is 0.268. The van der Waals surface area contributed by atoms with Gasteiger partial charge < -0.3 is 25.0 Å². The maximum Gasteiger partial charge on any atom is 0.193 e. The van der Waals surface area contributed by atoms with E-state index in [1.807, 2.05) is 37.4 Å². The quantitative estimate of drug-likeness (QED) is 0.407. The second kappa shape index (κ2) is 11.3. The lowest BCUT2D eigenvalue weighted by Crippen LogP contribution is -2.47. The van der Waals surface area contributed by atoms with Crippen molar-refractivity contribution in [1.29, 1.82) is 0 Å². The van der Waals surface area contributed by atoms with Gasteiger partial charge >= 0.3 is 0 Å². The molecule has 2 aromatic rings. The van der Waals surface area contributed by atoms with Gasteiger partial charge in [-0.05, 0) is 29.8 Å². The van der Waals surface area contributed by atoms with Crippen LogP contribution in [-0.2, 0) is 11.3 Å². The normalized spacial score (nSPS) is 15.2. The van der Waals surface area contributed by atoms with Crippen molar-refractivity contribution >= 4 is 11.6 Å². The Morgan fingerprint density at radius 1 is 1.07 bits per heavy atom. The van der Waals surface area contributed by atoms with E-state index in [4.69, 9.17) is 9.47 Å². The number of piperidine rings is 1. The zero-order chi connectivity index (χ0) is 20.3. The fourth-order valence-electron chi connectivity index (χ4n) is 3.43. The minimum Gasteiger partial charge on any atom is -0.490 e. The lowest BCUT2D eigenvalue weighted by atomic mass is 10.1. The highest BCUT2D eigenvalue weighted by Gasteiger charge is 2.22. The molecule has 6 heteroatoms. The number of benzene rings is 2. The first-order valence-electron chi connectivity index (χ1n) is 10.3. The molecule has 0 bridgehead atoms. The molecular formula is C23H32N4O2. The zero-order valence-electron chi connectivity index (χ0n) is 17.4. The predicted molar refractivity (Wildman–Crippen MR) is 119 cm³/mol. The molecule has 6 nitrogen and oxygen atoms in total. The van der Waals surface area contributed by atoms with Crippen LogP contribution in [0.5, 0.6) is 5.75 Å². The fourth-order valence-corrected chi connectivity index (χ4v) is 3.43. The molecule has 2 aromatic carbocycles. The Hall–Kier alpha value is -2.73. The third-order valence-electron chi connectivity index (χ3n) is 5.04. The maximum absolute atomic E-state index is 6.09. The van der Waals surface area contributed by atoms with Crippen LogP contribution in [0, 0.1) is 0 Å². The molecule has 0 saturated carbocycles. The Bertz CT molecular complexity index is 741. The van der Waals surface area contributed by atoms with Gasteiger partial charge in [0.25, 0.3) is 0 Å². The second-order valence-electron chi connectivity index (χ2n) is 7.13. The summed E-state index contributed by atoms with van der Waals surface area (Å²) in [6.07, 6.45) is 2.26. The zero-order valence-corrected chi connectivity index (χ0v) is 17.4. The second-order valence-corrected chi connectivity index (χ2v) is 7.13. The van der Waals surface area contributed by atoms with Gasteiger partial charge in [0.05, 0.1) is 6.61 Å². The van der Waals surface area contributed by atoms with Gasteiger partial charge in [-0.2, -0.15) is 0 Å². The van der Waals surface area contributed by atoms with Crippen molar-refractivity contribution in [2.45, 2.75) is 25.5 Å². The number of likely N-dealkylation sites (tertiary alicyclic amines) is 1. The Balaban J connectivity index is 1.42. The van der Waals surface area contributed by atoms with E-state index >= 15 is 0 Å². The number of aliphatic imine (C=N–C) groups is 1. The molecule has 1 aliphatic heterocycles. The number of rotatable bonds is 8. The van der Waals surface area contributed by atoms with E-state index in [0.29, 0.717) is 6.61 Å². The minimum atomic E-state index is 0.268. The average Bonchev–Trinajstić information content (AvgIpc) is 2.77. The van der Waals surface area contributed by atoms with Crippen molar-refractivity contribution in [2.24, 2.45) is 4.99 Å². The molecule has 0 aromatic heterocycles. The van der Waals surface area contributed by atoms with Crippen LogP contribution in [0.1, 0.15) is 18.4 Å². The third-order valence-corrected chi connectivity index (χ3v) is 5.04. The Morgan fingerprint density at radius 3 is 2.45 bits per heavy atom. The third kappa shape index (κ3) is 6.68. The largest absolute Gasteiger partial charge is 0.490 e. The van der Waals surface area contributed by atoms with Crippen molar-refractivity contribution in [2.75, 3.05) is 45.7 Å². The van der Waals surface area contributed by atoms with Gasteiger partial charge in [-0.1, -0.05) is 30.3 Å². The molecule has 29 heavy (non-hydrogen) atoms. The summed E-state index contributed by atoms with van der Waals surface area (Å²) in [6, 6.07) is 18.5. The molecular weight excluding hydrogens is 364 g/mol. The summed E-state index contributed by atoms with van der Waals surface area (Å²) in [4.78, 5) is 6.78. The van der Waals surface area contributed by atoms with Gasteiger partial charge in [-0.3, -0.25) is 4.99 Å². The number of nitrogens with one attached hydrogen (secondary N) is 2. The molecule has 3 rings (SSSR count). The molecule has 0 amide bonds. The first kappa shape index (κ1) is 21.0. The summed E-state index contributed by atoms with van der Waals surface area (Å²) in [5, 5.41) is 6.82. The number of nitrogens with zero attached hydrogens (tertiary/aromatic N) is 2. The molecule has 156 valence electrons. The van der Waals surface area contributed by atoms with Gasteiger partial charge in [0, 0.05) is 58.9 Å². The summed E-state index contributed by atoms with van der Waals surface area (Å²) < 4.78 is 11.2. The first-order chi connectivity index (χ1) is 14.3. The highest BCUT2D eigenvalue weighted by Crippen LogP contribution is 2.18. The summed E-state index contributed by atoms with van der Waals surface area (Å²) in [5.74, 6) is 1.90. The Kier molecular flexibility index (Phi) is 8.19. The average molecular weight is 397 g/mol. The van der Waals surface area contributed by atoms with Gasteiger partial charge in [0.1, 0.15) is 11.9 Å². The highest BCUT2D eigenvalue weighted by molar-refractivity contribution is 5.80. The van der Waals surface area contributed by atoms with Crippen molar-refractivity contribution in [3.05, 3.63) is 60.2 Å². The summed E-state index contributed by atoms with van der Waals surface area (Å²) in [5.41, 5.74) is 2.33. The van der Waals surface area contributed by atoms with E-state index in [1.165, 1.54) is 5.56 Å². The van der Waals surface area contributed by atoms with E-state index in [0.717, 1.165) is 56.4 Å². The summed E-state index contributed by atoms with van der Waals surface area (Å²) in [7, 11) is 3.56. The molecule has 0 unspecified atom stereocenters. The topological polar surface area (TPSA) is 58.1 Å². The van der Waals surface area contributed by atoms with Gasteiger partial charge in [0.2, 0.25) is 0 Å². The molecule has 0 atom stereocenters. The fraction of sp³-hybridized carbons (Fsp3) is 0.435. The molecule has 0 radical (unpaired) electrons. The van der Waals surface area contributed by atoms with Gasteiger partial charge in [0.15, 0.2) is 5.96 Å². The number of anilines is 1. The van der Waals surface area contributed by atoms with Crippen LogP contribution in [0.2, 0.25) is 0 Å². The van der Waals surface area contributed by atoms with Crippen LogP contribution in [0.15, 0.2) is 59.6 Å². The Morgan fingerprint density at radius 2 is 1.79 bits per heavy atom. The monoisotopic (exact) mass is 396 g/mol. The number of hydrogen-bond acceptors (Lipinski definition) is 4. The smallest absolute Gasteiger partial charge is 0.193 e. The van der Waals surface area contributed by atoms with E-state index in [-0.39, 0.29) is 6.10 Å². The molecule has 1 saturated heterocycles. The van der Waals surface area contributed by atoms with Crippen LogP contribution in [0.25, 0.3) is 0 Å².